The SMILES string of the molecule is CCC(C)N1C(C)=CN2C1=NC1C2C(=O)N(CCc2ccccc2)C(=O)N1C. The van der Waals surface area contributed by atoms with Crippen molar-refractivity contribution >= 4 is 17.9 Å². The van der Waals surface area contributed by atoms with Crippen molar-refractivity contribution in [2.75, 3.05) is 13.6 Å². The molecule has 1 aromatic rings. The minimum atomic E-state index is -0.488. The van der Waals surface area contributed by atoms with Gasteiger partial charge < -0.3 is 14.7 Å². The Balaban J connectivity index is 1.58. The van der Waals surface area contributed by atoms with Crippen LogP contribution in [0.5, 0.6) is 0 Å². The minimum Gasteiger partial charge on any atom is -0.312 e. The smallest absolute Gasteiger partial charge is 0.312 e. The molecular weight excluding hydrogens is 354 g/mol. The fraction of sp³-hybridized carbons (Fsp3) is 0.476. The number of fused-ring (bicyclic) bond motifs is 3. The first-order valence-corrected chi connectivity index (χ1v) is 9.90. The molecule has 28 heavy (non-hydrogen) atoms. The average Bonchev–Trinajstić information content (AvgIpc) is 3.21. The molecule has 0 radical (unpaired) electrons. The maximum Gasteiger partial charge on any atom is 0.328 e. The molecule has 0 spiro atoms. The zero-order valence-electron chi connectivity index (χ0n) is 16.9. The second kappa shape index (κ2) is 6.96. The van der Waals surface area contributed by atoms with Crippen molar-refractivity contribution < 1.29 is 9.59 Å². The summed E-state index contributed by atoms with van der Waals surface area (Å²) in [7, 11) is 1.73. The zero-order chi connectivity index (χ0) is 20.0. The maximum absolute atomic E-state index is 13.3. The largest absolute Gasteiger partial charge is 0.328 e. The highest BCUT2D eigenvalue weighted by Crippen LogP contribution is 2.35. The van der Waals surface area contributed by atoms with Crippen LogP contribution in [0.15, 0.2) is 47.2 Å². The maximum atomic E-state index is 13.3. The van der Waals surface area contributed by atoms with Gasteiger partial charge in [0.05, 0.1) is 0 Å². The number of rotatable bonds is 5. The minimum absolute atomic E-state index is 0.169. The number of hydrogen-bond donors (Lipinski definition) is 0. The molecule has 0 N–H and O–H groups in total. The van der Waals surface area contributed by atoms with E-state index in [2.05, 4.69) is 18.7 Å². The van der Waals surface area contributed by atoms with Crippen molar-refractivity contribution in [1.82, 2.24) is 19.6 Å². The number of aliphatic imine (C=N–C) groups is 1. The lowest BCUT2D eigenvalue weighted by Crippen LogP contribution is -2.64. The number of carbonyl (C=O) groups excluding carboxylic acids is 2. The second-order valence-corrected chi connectivity index (χ2v) is 7.71. The molecule has 3 aliphatic heterocycles. The van der Waals surface area contributed by atoms with Crippen LogP contribution in [-0.2, 0) is 11.2 Å². The van der Waals surface area contributed by atoms with E-state index < -0.39 is 12.2 Å². The Bertz CT molecular complexity index is 850. The van der Waals surface area contributed by atoms with E-state index in [9.17, 15) is 9.59 Å². The van der Waals surface area contributed by atoms with Gasteiger partial charge in [0.25, 0.3) is 5.91 Å². The molecule has 0 saturated carbocycles. The molecule has 1 fully saturated rings. The van der Waals surface area contributed by atoms with Gasteiger partial charge >= 0.3 is 6.03 Å². The molecule has 3 unspecified atom stereocenters. The van der Waals surface area contributed by atoms with E-state index in [1.165, 1.54) is 4.90 Å². The van der Waals surface area contributed by atoms with Gasteiger partial charge in [0.2, 0.25) is 5.96 Å². The van der Waals surface area contributed by atoms with Gasteiger partial charge in [0, 0.05) is 31.5 Å². The predicted molar refractivity (Wildman–Crippen MR) is 107 cm³/mol. The fourth-order valence-electron chi connectivity index (χ4n) is 4.19. The Morgan fingerprint density at radius 1 is 1.18 bits per heavy atom. The Kier molecular flexibility index (Phi) is 4.61. The molecule has 0 bridgehead atoms. The number of benzene rings is 1. The molecule has 0 aromatic heterocycles. The predicted octanol–water partition coefficient (Wildman–Crippen LogP) is 2.46. The van der Waals surface area contributed by atoms with E-state index >= 15 is 0 Å². The van der Waals surface area contributed by atoms with Crippen LogP contribution in [0.2, 0.25) is 0 Å². The number of imide groups is 1. The molecule has 3 heterocycles. The van der Waals surface area contributed by atoms with Crippen LogP contribution >= 0.6 is 0 Å². The third-order valence-corrected chi connectivity index (χ3v) is 5.93. The lowest BCUT2D eigenvalue weighted by molar-refractivity contribution is -0.136. The first-order valence-electron chi connectivity index (χ1n) is 9.90. The Morgan fingerprint density at radius 2 is 1.89 bits per heavy atom. The highest BCUT2D eigenvalue weighted by atomic mass is 16.2. The van der Waals surface area contributed by atoms with Crippen molar-refractivity contribution in [3.8, 4) is 0 Å². The number of carbonyl (C=O) groups is 2. The quantitative estimate of drug-likeness (QED) is 0.786. The topological polar surface area (TPSA) is 59.5 Å². The van der Waals surface area contributed by atoms with Gasteiger partial charge in [-0.15, -0.1) is 0 Å². The summed E-state index contributed by atoms with van der Waals surface area (Å²) in [5.41, 5.74) is 2.19. The zero-order valence-corrected chi connectivity index (χ0v) is 16.9. The Morgan fingerprint density at radius 3 is 2.57 bits per heavy atom. The van der Waals surface area contributed by atoms with Gasteiger partial charge in [-0.1, -0.05) is 37.3 Å². The molecule has 1 saturated heterocycles. The molecule has 3 aliphatic rings. The highest BCUT2D eigenvalue weighted by molar-refractivity contribution is 6.04. The summed E-state index contributed by atoms with van der Waals surface area (Å²) < 4.78 is 0. The Hall–Kier alpha value is -2.83. The van der Waals surface area contributed by atoms with Crippen molar-refractivity contribution in [2.24, 2.45) is 4.99 Å². The molecular formula is C21H27N5O2. The van der Waals surface area contributed by atoms with Crippen LogP contribution in [0.25, 0.3) is 0 Å². The molecule has 7 nitrogen and oxygen atoms in total. The third-order valence-electron chi connectivity index (χ3n) is 5.93. The van der Waals surface area contributed by atoms with E-state index in [0.29, 0.717) is 13.0 Å². The van der Waals surface area contributed by atoms with Gasteiger partial charge in [-0.2, -0.15) is 0 Å². The summed E-state index contributed by atoms with van der Waals surface area (Å²) >= 11 is 0. The van der Waals surface area contributed by atoms with E-state index in [4.69, 9.17) is 4.99 Å². The summed E-state index contributed by atoms with van der Waals surface area (Å²) in [5.74, 6) is 0.609. The standard InChI is InChI=1S/C21H27N5O2/c1-5-14(2)26-15(3)13-25-17-18(22-20(25)26)23(4)21(28)24(19(17)27)12-11-16-9-7-6-8-10-16/h6-10,13-14,17-18H,5,11-12H2,1-4H3. The molecule has 4 rings (SSSR count). The second-order valence-electron chi connectivity index (χ2n) is 7.71. The number of likely N-dealkylation sites (N-methyl/N-ethyl adjacent to an activating group) is 1. The lowest BCUT2D eigenvalue weighted by Gasteiger charge is -2.40. The molecule has 3 amide bonds. The monoisotopic (exact) mass is 381 g/mol. The molecule has 148 valence electrons. The van der Waals surface area contributed by atoms with Crippen LogP contribution in [-0.4, -0.2) is 69.3 Å². The van der Waals surface area contributed by atoms with E-state index in [1.54, 1.807) is 11.9 Å². The number of urea groups is 1. The number of amides is 3. The van der Waals surface area contributed by atoms with Crippen LogP contribution < -0.4 is 0 Å². The summed E-state index contributed by atoms with van der Waals surface area (Å²) in [5, 5.41) is 0. The molecule has 7 heteroatoms. The first-order chi connectivity index (χ1) is 13.4. The van der Waals surface area contributed by atoms with Crippen LogP contribution in [0.3, 0.4) is 0 Å². The molecule has 0 aliphatic carbocycles. The lowest BCUT2D eigenvalue weighted by atomic mass is 10.1. The van der Waals surface area contributed by atoms with Gasteiger partial charge in [-0.3, -0.25) is 9.69 Å². The van der Waals surface area contributed by atoms with Crippen molar-refractivity contribution in [1.29, 1.82) is 0 Å². The van der Waals surface area contributed by atoms with Crippen LogP contribution in [0.4, 0.5) is 4.79 Å². The highest BCUT2D eigenvalue weighted by Gasteiger charge is 2.54. The summed E-state index contributed by atoms with van der Waals surface area (Å²) in [6.07, 6.45) is 3.13. The summed E-state index contributed by atoms with van der Waals surface area (Å²) in [6, 6.07) is 9.44. The van der Waals surface area contributed by atoms with Crippen molar-refractivity contribution in [3.63, 3.8) is 0 Å². The summed E-state index contributed by atoms with van der Waals surface area (Å²) in [4.78, 5) is 38.0. The fourth-order valence-corrected chi connectivity index (χ4v) is 4.19. The van der Waals surface area contributed by atoms with Gasteiger partial charge in [0.1, 0.15) is 0 Å². The number of guanidine groups is 1. The van der Waals surface area contributed by atoms with Gasteiger partial charge in [0.15, 0.2) is 12.2 Å². The third kappa shape index (κ3) is 2.77. The van der Waals surface area contributed by atoms with Crippen molar-refractivity contribution in [2.45, 2.75) is 51.9 Å². The molecule has 1 aromatic carbocycles. The van der Waals surface area contributed by atoms with Gasteiger partial charge in [-0.25, -0.2) is 9.79 Å². The normalized spacial score (nSPS) is 25.0. The number of allylic oxidation sites excluding steroid dienone is 1. The van der Waals surface area contributed by atoms with Crippen LogP contribution in [0.1, 0.15) is 32.8 Å². The summed E-state index contributed by atoms with van der Waals surface area (Å²) in [6.45, 7) is 6.69. The Labute approximate surface area is 165 Å². The van der Waals surface area contributed by atoms with Gasteiger partial charge in [-0.05, 0) is 32.3 Å². The number of nitrogens with zero attached hydrogens (tertiary/aromatic N) is 5. The number of hydrogen-bond acceptors (Lipinski definition) is 5. The van der Waals surface area contributed by atoms with E-state index in [1.807, 2.05) is 48.4 Å². The van der Waals surface area contributed by atoms with Crippen molar-refractivity contribution in [3.05, 3.63) is 47.8 Å². The molecule has 3 atom stereocenters. The average molecular weight is 381 g/mol. The first kappa shape index (κ1) is 18.5. The van der Waals surface area contributed by atoms with E-state index in [0.717, 1.165) is 23.6 Å². The van der Waals surface area contributed by atoms with Crippen LogP contribution in [0, 0.1) is 0 Å². The van der Waals surface area contributed by atoms with E-state index in [-0.39, 0.29) is 18.0 Å².